The summed E-state index contributed by atoms with van der Waals surface area (Å²) in [4.78, 5) is 22.7. The van der Waals surface area contributed by atoms with Gasteiger partial charge < -0.3 is 15.0 Å². The number of likely N-dealkylation sites (N-methyl/N-ethyl adjacent to an activating group) is 1. The molecule has 0 aliphatic heterocycles. The Hall–Kier alpha value is -1.85. The van der Waals surface area contributed by atoms with E-state index < -0.39 is 11.7 Å². The van der Waals surface area contributed by atoms with E-state index in [1.165, 1.54) is 17.7 Å². The fourth-order valence-corrected chi connectivity index (χ4v) is 2.60. The largest absolute Gasteiger partial charge is 0.444 e. The number of hydrogen-bond acceptors (Lipinski definition) is 5. The van der Waals surface area contributed by atoms with Gasteiger partial charge in [0.05, 0.1) is 0 Å². The van der Waals surface area contributed by atoms with Crippen LogP contribution in [0.2, 0.25) is 0 Å². The summed E-state index contributed by atoms with van der Waals surface area (Å²) >= 11 is 0. The van der Waals surface area contributed by atoms with Gasteiger partial charge in [-0.1, -0.05) is 6.92 Å². The molecular weight excluding hydrogens is 292 g/mol. The second-order valence-electron chi connectivity index (χ2n) is 7.34. The number of rotatable bonds is 4. The van der Waals surface area contributed by atoms with E-state index in [1.54, 1.807) is 0 Å². The van der Waals surface area contributed by atoms with Crippen molar-refractivity contribution < 1.29 is 9.53 Å². The molecule has 1 heterocycles. The van der Waals surface area contributed by atoms with Crippen molar-refractivity contribution in [2.75, 3.05) is 25.0 Å². The van der Waals surface area contributed by atoms with Crippen LogP contribution in [0.5, 0.6) is 0 Å². The Labute approximate surface area is 138 Å². The first-order valence-corrected chi connectivity index (χ1v) is 8.27. The number of nitrogens with one attached hydrogen (secondary N) is 1. The van der Waals surface area contributed by atoms with Crippen molar-refractivity contribution in [3.63, 3.8) is 0 Å². The van der Waals surface area contributed by atoms with Gasteiger partial charge in [-0.2, -0.15) is 0 Å². The molecule has 0 fully saturated rings. The molecule has 2 rings (SSSR count). The minimum Gasteiger partial charge on any atom is -0.444 e. The van der Waals surface area contributed by atoms with Crippen LogP contribution in [0.1, 0.15) is 45.4 Å². The number of amides is 1. The Balaban J connectivity index is 1.84. The Morgan fingerprint density at radius 1 is 1.48 bits per heavy atom. The minimum absolute atomic E-state index is 0.397. The lowest BCUT2D eigenvalue weighted by Crippen LogP contribution is -2.37. The van der Waals surface area contributed by atoms with Crippen LogP contribution in [0.15, 0.2) is 6.20 Å². The summed E-state index contributed by atoms with van der Waals surface area (Å²) in [6, 6.07) is 0. The van der Waals surface area contributed by atoms with Crippen molar-refractivity contribution in [2.45, 2.75) is 52.6 Å². The van der Waals surface area contributed by atoms with E-state index in [1.807, 2.05) is 38.9 Å². The van der Waals surface area contributed by atoms with Gasteiger partial charge in [-0.05, 0) is 51.5 Å². The molecule has 1 unspecified atom stereocenters. The zero-order valence-corrected chi connectivity index (χ0v) is 14.8. The van der Waals surface area contributed by atoms with Gasteiger partial charge in [-0.3, -0.25) is 0 Å². The highest BCUT2D eigenvalue weighted by Gasteiger charge is 2.19. The quantitative estimate of drug-likeness (QED) is 0.923. The number of hydrogen-bond donors (Lipinski definition) is 1. The van der Waals surface area contributed by atoms with Crippen molar-refractivity contribution in [1.29, 1.82) is 0 Å². The zero-order chi connectivity index (χ0) is 17.0. The molecule has 0 aromatic carbocycles. The Morgan fingerprint density at radius 3 is 2.91 bits per heavy atom. The number of aromatic nitrogens is 2. The van der Waals surface area contributed by atoms with Crippen LogP contribution in [-0.2, 0) is 17.6 Å². The number of carbonyl (C=O) groups excluding carboxylic acids is 1. The number of carbonyl (C=O) groups is 1. The van der Waals surface area contributed by atoms with Crippen molar-refractivity contribution in [2.24, 2.45) is 5.92 Å². The first-order valence-electron chi connectivity index (χ1n) is 8.27. The third-order valence-electron chi connectivity index (χ3n) is 3.84. The van der Waals surface area contributed by atoms with Gasteiger partial charge in [0.1, 0.15) is 5.60 Å². The molecule has 23 heavy (non-hydrogen) atoms. The number of aryl methyl sites for hydroxylation is 1. The predicted octanol–water partition coefficient (Wildman–Crippen LogP) is 2.56. The van der Waals surface area contributed by atoms with Crippen LogP contribution in [0.3, 0.4) is 0 Å². The summed E-state index contributed by atoms with van der Waals surface area (Å²) < 4.78 is 5.21. The van der Waals surface area contributed by atoms with E-state index in [0.29, 0.717) is 25.0 Å². The molecule has 6 nitrogen and oxygen atoms in total. The van der Waals surface area contributed by atoms with Gasteiger partial charge in [-0.15, -0.1) is 0 Å². The van der Waals surface area contributed by atoms with Gasteiger partial charge in [0.2, 0.25) is 5.95 Å². The first-order chi connectivity index (χ1) is 10.7. The number of fused-ring (bicyclic) bond motifs is 1. The summed E-state index contributed by atoms with van der Waals surface area (Å²) in [6.07, 6.45) is 4.83. The molecule has 6 heteroatoms. The van der Waals surface area contributed by atoms with Crippen molar-refractivity contribution in [3.05, 3.63) is 17.5 Å². The van der Waals surface area contributed by atoms with E-state index in [-0.39, 0.29) is 0 Å². The highest BCUT2D eigenvalue weighted by atomic mass is 16.6. The van der Waals surface area contributed by atoms with E-state index in [0.717, 1.165) is 12.8 Å². The van der Waals surface area contributed by atoms with Crippen LogP contribution in [0.25, 0.3) is 0 Å². The van der Waals surface area contributed by atoms with Gasteiger partial charge in [0, 0.05) is 32.0 Å². The van der Waals surface area contributed by atoms with Crippen LogP contribution < -0.4 is 10.2 Å². The molecule has 1 aliphatic carbocycles. The topological polar surface area (TPSA) is 67.4 Å². The molecule has 0 bridgehead atoms. The normalized spacial score (nSPS) is 17.3. The molecule has 128 valence electrons. The Bertz CT molecular complexity index is 554. The van der Waals surface area contributed by atoms with Crippen LogP contribution in [-0.4, -0.2) is 41.8 Å². The SMILES string of the molecule is CC1CCc2nc(N(C)CCNC(=O)OC(C)(C)C)ncc2C1. The van der Waals surface area contributed by atoms with Gasteiger partial charge in [-0.25, -0.2) is 14.8 Å². The smallest absolute Gasteiger partial charge is 0.407 e. The van der Waals surface area contributed by atoms with E-state index in [2.05, 4.69) is 22.2 Å². The fourth-order valence-electron chi connectivity index (χ4n) is 2.60. The first kappa shape index (κ1) is 17.5. The lowest BCUT2D eigenvalue weighted by Gasteiger charge is -2.23. The second-order valence-corrected chi connectivity index (χ2v) is 7.34. The van der Waals surface area contributed by atoms with Crippen LogP contribution in [0, 0.1) is 5.92 Å². The molecule has 0 saturated carbocycles. The summed E-state index contributed by atoms with van der Waals surface area (Å²) in [5.74, 6) is 1.43. The number of anilines is 1. The summed E-state index contributed by atoms with van der Waals surface area (Å²) in [5, 5.41) is 2.75. The predicted molar refractivity (Wildman–Crippen MR) is 90.7 cm³/mol. The lowest BCUT2D eigenvalue weighted by atomic mass is 9.89. The summed E-state index contributed by atoms with van der Waals surface area (Å²) in [5.41, 5.74) is 1.96. The van der Waals surface area contributed by atoms with Crippen LogP contribution >= 0.6 is 0 Å². The maximum Gasteiger partial charge on any atom is 0.407 e. The summed E-state index contributed by atoms with van der Waals surface area (Å²) in [6.45, 7) is 8.93. The van der Waals surface area contributed by atoms with E-state index in [4.69, 9.17) is 4.74 Å². The summed E-state index contributed by atoms with van der Waals surface area (Å²) in [7, 11) is 1.93. The number of ether oxygens (including phenoxy) is 1. The molecule has 1 aliphatic rings. The maximum absolute atomic E-state index is 11.6. The highest BCUT2D eigenvalue weighted by Crippen LogP contribution is 2.24. The minimum atomic E-state index is -0.477. The molecule has 0 radical (unpaired) electrons. The maximum atomic E-state index is 11.6. The Morgan fingerprint density at radius 2 is 2.22 bits per heavy atom. The standard InChI is InChI=1S/C17H28N4O2/c1-12-6-7-14-13(10-12)11-19-15(20-14)21(5)9-8-18-16(22)23-17(2,3)4/h11-12H,6-10H2,1-5H3,(H,18,22). The molecule has 1 amide bonds. The third-order valence-corrected chi connectivity index (χ3v) is 3.84. The molecule has 1 aromatic heterocycles. The number of nitrogens with zero attached hydrogens (tertiary/aromatic N) is 3. The van der Waals surface area contributed by atoms with E-state index in [9.17, 15) is 4.79 Å². The van der Waals surface area contributed by atoms with Crippen molar-refractivity contribution in [1.82, 2.24) is 15.3 Å². The average Bonchev–Trinajstić information content (AvgIpc) is 2.44. The van der Waals surface area contributed by atoms with Gasteiger partial charge >= 0.3 is 6.09 Å². The van der Waals surface area contributed by atoms with Crippen molar-refractivity contribution >= 4 is 12.0 Å². The van der Waals surface area contributed by atoms with Gasteiger partial charge in [0.25, 0.3) is 0 Å². The molecular formula is C17H28N4O2. The molecule has 0 spiro atoms. The fraction of sp³-hybridized carbons (Fsp3) is 0.706. The molecule has 1 atom stereocenters. The number of alkyl carbamates (subject to hydrolysis) is 1. The second kappa shape index (κ2) is 7.15. The van der Waals surface area contributed by atoms with Crippen LogP contribution in [0.4, 0.5) is 10.7 Å². The van der Waals surface area contributed by atoms with Crippen molar-refractivity contribution in [3.8, 4) is 0 Å². The monoisotopic (exact) mass is 320 g/mol. The Kier molecular flexibility index (Phi) is 5.44. The highest BCUT2D eigenvalue weighted by molar-refractivity contribution is 5.67. The zero-order valence-electron chi connectivity index (χ0n) is 14.8. The lowest BCUT2D eigenvalue weighted by molar-refractivity contribution is 0.0529. The molecule has 0 saturated heterocycles. The molecule has 1 aromatic rings. The average molecular weight is 320 g/mol. The third kappa shape index (κ3) is 5.37. The van der Waals surface area contributed by atoms with E-state index >= 15 is 0 Å². The molecule has 1 N–H and O–H groups in total. The van der Waals surface area contributed by atoms with Gasteiger partial charge in [0.15, 0.2) is 0 Å².